The fourth-order valence-corrected chi connectivity index (χ4v) is 1.18. The van der Waals surface area contributed by atoms with Gasteiger partial charge in [0.1, 0.15) is 6.61 Å². The zero-order chi connectivity index (χ0) is 12.4. The number of rotatable bonds is 8. The number of nitrogens with zero attached hydrogens (tertiary/aromatic N) is 1. The van der Waals surface area contributed by atoms with Crippen LogP contribution in [0.5, 0.6) is 0 Å². The average Bonchev–Trinajstić information content (AvgIpc) is 2.25. The molecule has 0 aromatic heterocycles. The Morgan fingerprint density at radius 1 is 1.44 bits per heavy atom. The molecular formula is C11H19NO4. The highest BCUT2D eigenvalue weighted by atomic mass is 16.6. The monoisotopic (exact) mass is 229 g/mol. The molecule has 0 unspecified atom stereocenters. The summed E-state index contributed by atoms with van der Waals surface area (Å²) in [6, 6.07) is 0. The van der Waals surface area contributed by atoms with Gasteiger partial charge in [0.05, 0.1) is 0 Å². The van der Waals surface area contributed by atoms with Crippen LogP contribution in [0, 0.1) is 0 Å². The number of carboxylic acid groups (broad SMARTS) is 1. The molecule has 0 atom stereocenters. The van der Waals surface area contributed by atoms with Crippen LogP contribution in [0.1, 0.15) is 26.2 Å². The molecule has 0 bridgehead atoms. The third kappa shape index (κ3) is 6.86. The maximum absolute atomic E-state index is 11.4. The van der Waals surface area contributed by atoms with Gasteiger partial charge in [-0.25, -0.2) is 4.79 Å². The topological polar surface area (TPSA) is 66.8 Å². The summed E-state index contributed by atoms with van der Waals surface area (Å²) in [6.07, 6.45) is 2.51. The van der Waals surface area contributed by atoms with Crippen LogP contribution in [0.15, 0.2) is 12.7 Å². The molecule has 0 aliphatic carbocycles. The lowest BCUT2D eigenvalue weighted by Gasteiger charge is -2.19. The Hall–Kier alpha value is -1.52. The molecule has 0 fully saturated rings. The molecule has 0 radical (unpaired) electrons. The molecule has 0 saturated carbocycles. The van der Waals surface area contributed by atoms with Crippen molar-refractivity contribution in [3.8, 4) is 0 Å². The summed E-state index contributed by atoms with van der Waals surface area (Å²) in [7, 11) is 0. The average molecular weight is 229 g/mol. The zero-order valence-electron chi connectivity index (χ0n) is 9.65. The van der Waals surface area contributed by atoms with Crippen molar-refractivity contribution in [1.29, 1.82) is 0 Å². The Morgan fingerprint density at radius 3 is 2.62 bits per heavy atom. The fraction of sp³-hybridized carbons (Fsp3) is 0.636. The Balaban J connectivity index is 3.77. The van der Waals surface area contributed by atoms with E-state index < -0.39 is 5.97 Å². The van der Waals surface area contributed by atoms with Gasteiger partial charge in [0.25, 0.3) is 0 Å². The number of carbonyl (C=O) groups is 2. The van der Waals surface area contributed by atoms with E-state index in [0.717, 1.165) is 0 Å². The van der Waals surface area contributed by atoms with Gasteiger partial charge in [-0.2, -0.15) is 0 Å². The number of ether oxygens (including phenoxy) is 1. The zero-order valence-corrected chi connectivity index (χ0v) is 9.65. The second-order valence-corrected chi connectivity index (χ2v) is 3.30. The summed E-state index contributed by atoms with van der Waals surface area (Å²) < 4.78 is 4.87. The Kier molecular flexibility index (Phi) is 7.93. The third-order valence-electron chi connectivity index (χ3n) is 2.03. The van der Waals surface area contributed by atoms with Gasteiger partial charge in [-0.1, -0.05) is 12.7 Å². The fourth-order valence-electron chi connectivity index (χ4n) is 1.18. The van der Waals surface area contributed by atoms with E-state index in [4.69, 9.17) is 9.84 Å². The molecule has 0 aromatic carbocycles. The molecular weight excluding hydrogens is 210 g/mol. The van der Waals surface area contributed by atoms with Crippen molar-refractivity contribution < 1.29 is 19.4 Å². The highest BCUT2D eigenvalue weighted by Crippen LogP contribution is 2.01. The first-order chi connectivity index (χ1) is 7.61. The second kappa shape index (κ2) is 8.76. The van der Waals surface area contributed by atoms with Crippen LogP contribution in [-0.4, -0.2) is 41.8 Å². The maximum Gasteiger partial charge on any atom is 0.410 e. The van der Waals surface area contributed by atoms with Crippen LogP contribution in [0.4, 0.5) is 4.79 Å². The van der Waals surface area contributed by atoms with E-state index in [0.29, 0.717) is 25.9 Å². The first-order valence-corrected chi connectivity index (χ1v) is 5.36. The summed E-state index contributed by atoms with van der Waals surface area (Å²) in [5, 5.41) is 8.44. The van der Waals surface area contributed by atoms with Crippen molar-refractivity contribution in [2.75, 3.05) is 19.7 Å². The molecule has 0 heterocycles. The summed E-state index contributed by atoms with van der Waals surface area (Å²) in [6.45, 7) is 6.59. The minimum absolute atomic E-state index is 0.138. The van der Waals surface area contributed by atoms with E-state index in [1.807, 2.05) is 6.92 Å². The molecule has 0 saturated heterocycles. The summed E-state index contributed by atoms with van der Waals surface area (Å²) >= 11 is 0. The van der Waals surface area contributed by atoms with Crippen molar-refractivity contribution in [2.24, 2.45) is 0 Å². The molecule has 16 heavy (non-hydrogen) atoms. The molecule has 5 nitrogen and oxygen atoms in total. The first kappa shape index (κ1) is 14.5. The summed E-state index contributed by atoms with van der Waals surface area (Å²) in [4.78, 5) is 23.2. The van der Waals surface area contributed by atoms with Crippen molar-refractivity contribution in [1.82, 2.24) is 4.90 Å². The van der Waals surface area contributed by atoms with E-state index in [1.165, 1.54) is 6.08 Å². The highest BCUT2D eigenvalue weighted by molar-refractivity contribution is 5.67. The number of carbonyl (C=O) groups excluding carboxylic acids is 1. The summed E-state index contributed by atoms with van der Waals surface area (Å²) in [5.74, 6) is -0.808. The number of hydrogen-bond donors (Lipinski definition) is 1. The lowest BCUT2D eigenvalue weighted by molar-refractivity contribution is -0.137. The van der Waals surface area contributed by atoms with Crippen LogP contribution in [0.2, 0.25) is 0 Å². The molecule has 0 aliphatic heterocycles. The largest absolute Gasteiger partial charge is 0.481 e. The Labute approximate surface area is 95.7 Å². The quantitative estimate of drug-likeness (QED) is 0.510. The van der Waals surface area contributed by atoms with E-state index in [1.54, 1.807) is 4.90 Å². The molecule has 0 spiro atoms. The van der Waals surface area contributed by atoms with E-state index in [-0.39, 0.29) is 19.1 Å². The van der Waals surface area contributed by atoms with E-state index >= 15 is 0 Å². The lowest BCUT2D eigenvalue weighted by atomic mass is 10.2. The number of hydrogen-bond acceptors (Lipinski definition) is 3. The van der Waals surface area contributed by atoms with Crippen molar-refractivity contribution in [3.63, 3.8) is 0 Å². The molecule has 5 heteroatoms. The van der Waals surface area contributed by atoms with Crippen molar-refractivity contribution >= 4 is 12.1 Å². The number of aliphatic carboxylic acids is 1. The predicted molar refractivity (Wildman–Crippen MR) is 60.3 cm³/mol. The van der Waals surface area contributed by atoms with Crippen molar-refractivity contribution in [2.45, 2.75) is 26.2 Å². The van der Waals surface area contributed by atoms with Gasteiger partial charge in [0.15, 0.2) is 0 Å². The lowest BCUT2D eigenvalue weighted by Crippen LogP contribution is -2.32. The maximum atomic E-state index is 11.4. The van der Waals surface area contributed by atoms with Crippen LogP contribution in [-0.2, 0) is 9.53 Å². The standard InChI is InChI=1S/C11H19NO4/c1-3-9-16-11(15)12(4-2)8-6-5-7-10(13)14/h3H,1,4-9H2,2H3,(H,13,14). The van der Waals surface area contributed by atoms with E-state index in [2.05, 4.69) is 6.58 Å². The SMILES string of the molecule is C=CCOC(=O)N(CC)CCCCC(=O)O. The van der Waals surface area contributed by atoms with Gasteiger partial charge in [-0.05, 0) is 19.8 Å². The van der Waals surface area contributed by atoms with Crippen LogP contribution in [0.25, 0.3) is 0 Å². The minimum atomic E-state index is -0.808. The molecule has 1 N–H and O–H groups in total. The minimum Gasteiger partial charge on any atom is -0.481 e. The number of unbranched alkanes of at least 4 members (excludes halogenated alkanes) is 1. The van der Waals surface area contributed by atoms with Crippen LogP contribution in [0.3, 0.4) is 0 Å². The molecule has 92 valence electrons. The van der Waals surface area contributed by atoms with Crippen LogP contribution < -0.4 is 0 Å². The highest BCUT2D eigenvalue weighted by Gasteiger charge is 2.11. The smallest absolute Gasteiger partial charge is 0.410 e. The molecule has 0 aromatic rings. The van der Waals surface area contributed by atoms with Gasteiger partial charge in [0, 0.05) is 19.5 Å². The number of carboxylic acids is 1. The van der Waals surface area contributed by atoms with Gasteiger partial charge < -0.3 is 14.7 Å². The Morgan fingerprint density at radius 2 is 2.12 bits per heavy atom. The van der Waals surface area contributed by atoms with Gasteiger partial charge in [-0.15, -0.1) is 0 Å². The molecule has 0 aliphatic rings. The predicted octanol–water partition coefficient (Wildman–Crippen LogP) is 1.89. The molecule has 1 amide bonds. The number of amides is 1. The van der Waals surface area contributed by atoms with Gasteiger partial charge >= 0.3 is 12.1 Å². The Bertz CT molecular complexity index is 240. The van der Waals surface area contributed by atoms with Gasteiger partial charge in [0.2, 0.25) is 0 Å². The molecule has 0 rings (SSSR count). The normalized spacial score (nSPS) is 9.56. The third-order valence-corrected chi connectivity index (χ3v) is 2.03. The summed E-state index contributed by atoms with van der Waals surface area (Å²) in [5.41, 5.74) is 0. The van der Waals surface area contributed by atoms with Crippen molar-refractivity contribution in [3.05, 3.63) is 12.7 Å². The second-order valence-electron chi connectivity index (χ2n) is 3.30. The van der Waals surface area contributed by atoms with E-state index in [9.17, 15) is 9.59 Å². The van der Waals surface area contributed by atoms with Crippen LogP contribution >= 0.6 is 0 Å². The first-order valence-electron chi connectivity index (χ1n) is 5.36. The van der Waals surface area contributed by atoms with Gasteiger partial charge in [-0.3, -0.25) is 4.79 Å².